The van der Waals surface area contributed by atoms with E-state index >= 15 is 0 Å². The molecule has 0 spiro atoms. The molecule has 1 heterocycles. The van der Waals surface area contributed by atoms with Crippen LogP contribution in [0.5, 0.6) is 5.75 Å². The largest absolute Gasteiger partial charge is 0.492 e. The second-order valence-electron chi connectivity index (χ2n) is 6.52. The lowest BCUT2D eigenvalue weighted by molar-refractivity contribution is 0.247. The van der Waals surface area contributed by atoms with Gasteiger partial charge in [0.25, 0.3) is 0 Å². The number of benzene rings is 2. The first kappa shape index (κ1) is 19.0. The zero-order valence-electron chi connectivity index (χ0n) is 15.5. The molecule has 2 N–H and O–H groups in total. The summed E-state index contributed by atoms with van der Waals surface area (Å²) in [7, 11) is 2.13. The van der Waals surface area contributed by atoms with E-state index < -0.39 is 0 Å². The van der Waals surface area contributed by atoms with Gasteiger partial charge in [-0.3, -0.25) is 0 Å². The van der Waals surface area contributed by atoms with Crippen molar-refractivity contribution in [3.8, 4) is 5.75 Å². The molecule has 1 aliphatic rings. The molecule has 1 saturated heterocycles. The van der Waals surface area contributed by atoms with Crippen molar-refractivity contribution in [3.05, 3.63) is 54.3 Å². The molecule has 0 bridgehead atoms. The lowest BCUT2D eigenvalue weighted by Crippen LogP contribution is -2.44. The van der Waals surface area contributed by atoms with Gasteiger partial charge in [-0.2, -0.15) is 0 Å². The van der Waals surface area contributed by atoms with Crippen LogP contribution < -0.4 is 20.3 Å². The zero-order valence-corrected chi connectivity index (χ0v) is 15.5. The van der Waals surface area contributed by atoms with Gasteiger partial charge in [0.1, 0.15) is 18.2 Å². The average molecular weight is 372 g/mol. The highest BCUT2D eigenvalue weighted by atomic mass is 19.1. The molecule has 0 aliphatic carbocycles. The van der Waals surface area contributed by atoms with Crippen molar-refractivity contribution in [3.63, 3.8) is 0 Å². The number of anilines is 2. The highest BCUT2D eigenvalue weighted by Gasteiger charge is 2.14. The van der Waals surface area contributed by atoms with Gasteiger partial charge in [0.15, 0.2) is 0 Å². The first-order valence-corrected chi connectivity index (χ1v) is 9.07. The first-order chi connectivity index (χ1) is 13.1. The van der Waals surface area contributed by atoms with Gasteiger partial charge in [0.2, 0.25) is 0 Å². The second kappa shape index (κ2) is 9.23. The van der Waals surface area contributed by atoms with Gasteiger partial charge in [-0.05, 0) is 43.4 Å². The number of carbonyl (C=O) groups is 1. The third-order valence-electron chi connectivity index (χ3n) is 4.45. The van der Waals surface area contributed by atoms with Gasteiger partial charge in [-0.15, -0.1) is 0 Å². The number of carbonyl (C=O) groups excluding carboxylic acids is 1. The molecule has 2 aromatic rings. The van der Waals surface area contributed by atoms with Gasteiger partial charge in [-0.1, -0.05) is 6.07 Å². The van der Waals surface area contributed by atoms with Crippen LogP contribution in [0.1, 0.15) is 0 Å². The Morgan fingerprint density at radius 3 is 2.56 bits per heavy atom. The normalized spacial score (nSPS) is 14.7. The monoisotopic (exact) mass is 372 g/mol. The minimum atomic E-state index is -0.349. The third kappa shape index (κ3) is 5.86. The minimum absolute atomic E-state index is 0.263. The van der Waals surface area contributed by atoms with Crippen molar-refractivity contribution >= 4 is 17.4 Å². The maximum Gasteiger partial charge on any atom is 0.319 e. The van der Waals surface area contributed by atoms with E-state index in [2.05, 4.69) is 27.5 Å². The molecule has 0 radical (unpaired) electrons. The van der Waals surface area contributed by atoms with Gasteiger partial charge in [0.05, 0.1) is 6.54 Å². The SMILES string of the molecule is CN1CCN(c2ccc(NC(=O)NCCOc3cccc(F)c3)cc2)CC1. The molecule has 0 unspecified atom stereocenters. The van der Waals surface area contributed by atoms with Crippen molar-refractivity contribution in [2.45, 2.75) is 0 Å². The smallest absolute Gasteiger partial charge is 0.319 e. The van der Waals surface area contributed by atoms with Crippen molar-refractivity contribution < 1.29 is 13.9 Å². The number of ether oxygens (including phenoxy) is 1. The fourth-order valence-electron chi connectivity index (χ4n) is 2.89. The summed E-state index contributed by atoms with van der Waals surface area (Å²) in [5, 5.41) is 5.51. The van der Waals surface area contributed by atoms with E-state index in [1.165, 1.54) is 12.1 Å². The molecule has 2 aromatic carbocycles. The molecule has 2 amide bonds. The topological polar surface area (TPSA) is 56.8 Å². The van der Waals surface area contributed by atoms with Crippen molar-refractivity contribution in [1.29, 1.82) is 0 Å². The summed E-state index contributed by atoms with van der Waals surface area (Å²) in [6, 6.07) is 13.5. The van der Waals surface area contributed by atoms with E-state index in [9.17, 15) is 9.18 Å². The molecule has 6 nitrogen and oxygen atoms in total. The van der Waals surface area contributed by atoms with Crippen LogP contribution >= 0.6 is 0 Å². The summed E-state index contributed by atoms with van der Waals surface area (Å²) in [5.74, 6) is 0.0925. The van der Waals surface area contributed by atoms with E-state index in [1.807, 2.05) is 24.3 Å². The lowest BCUT2D eigenvalue weighted by atomic mass is 10.2. The highest BCUT2D eigenvalue weighted by Crippen LogP contribution is 2.19. The van der Waals surface area contributed by atoms with Crippen molar-refractivity contribution in [1.82, 2.24) is 10.2 Å². The van der Waals surface area contributed by atoms with E-state index in [1.54, 1.807) is 12.1 Å². The third-order valence-corrected chi connectivity index (χ3v) is 4.45. The fourth-order valence-corrected chi connectivity index (χ4v) is 2.89. The van der Waals surface area contributed by atoms with Crippen LogP contribution in [0.25, 0.3) is 0 Å². The number of piperazine rings is 1. The Labute approximate surface area is 158 Å². The van der Waals surface area contributed by atoms with E-state index in [4.69, 9.17) is 4.74 Å². The number of likely N-dealkylation sites (N-methyl/N-ethyl adjacent to an activating group) is 1. The van der Waals surface area contributed by atoms with Crippen LogP contribution in [-0.4, -0.2) is 57.3 Å². The molecule has 0 saturated carbocycles. The quantitative estimate of drug-likeness (QED) is 0.766. The van der Waals surface area contributed by atoms with Crippen LogP contribution in [0.4, 0.5) is 20.6 Å². The molecular formula is C20H25FN4O2. The predicted octanol–water partition coefficient (Wildman–Crippen LogP) is 2.78. The predicted molar refractivity (Wildman–Crippen MR) is 105 cm³/mol. The van der Waals surface area contributed by atoms with Crippen LogP contribution in [0, 0.1) is 5.82 Å². The summed E-state index contributed by atoms with van der Waals surface area (Å²) in [5.41, 5.74) is 1.90. The Morgan fingerprint density at radius 2 is 1.85 bits per heavy atom. The van der Waals surface area contributed by atoms with Gasteiger partial charge in [0, 0.05) is 43.6 Å². The Kier molecular flexibility index (Phi) is 6.49. The Bertz CT molecular complexity index is 746. The standard InChI is InChI=1S/C20H25FN4O2/c1-24-10-12-25(13-11-24)18-7-5-17(6-8-18)23-20(26)22-9-14-27-19-4-2-3-16(21)15-19/h2-8,15H,9-14H2,1H3,(H2,22,23,26). The highest BCUT2D eigenvalue weighted by molar-refractivity contribution is 5.89. The molecule has 1 aliphatic heterocycles. The van der Waals surface area contributed by atoms with Crippen LogP contribution in [0.15, 0.2) is 48.5 Å². The lowest BCUT2D eigenvalue weighted by Gasteiger charge is -2.34. The van der Waals surface area contributed by atoms with Gasteiger partial charge in [-0.25, -0.2) is 9.18 Å². The number of nitrogens with one attached hydrogen (secondary N) is 2. The van der Waals surface area contributed by atoms with Crippen LogP contribution in [-0.2, 0) is 0 Å². The number of nitrogens with zero attached hydrogens (tertiary/aromatic N) is 2. The molecular weight excluding hydrogens is 347 g/mol. The molecule has 1 fully saturated rings. The number of rotatable bonds is 6. The number of urea groups is 1. The summed E-state index contributed by atoms with van der Waals surface area (Å²) in [6.07, 6.45) is 0. The summed E-state index contributed by atoms with van der Waals surface area (Å²) < 4.78 is 18.4. The molecule has 0 aromatic heterocycles. The maximum absolute atomic E-state index is 13.0. The Balaban J connectivity index is 1.39. The van der Waals surface area contributed by atoms with Gasteiger partial charge < -0.3 is 25.2 Å². The Hall–Kier alpha value is -2.80. The molecule has 27 heavy (non-hydrogen) atoms. The number of hydrogen-bond donors (Lipinski definition) is 2. The summed E-state index contributed by atoms with van der Waals surface area (Å²) in [4.78, 5) is 16.6. The zero-order chi connectivity index (χ0) is 19.1. The first-order valence-electron chi connectivity index (χ1n) is 9.07. The van der Waals surface area contributed by atoms with Crippen molar-refractivity contribution in [2.75, 3.05) is 56.6 Å². The van der Waals surface area contributed by atoms with E-state index in [0.717, 1.165) is 37.6 Å². The van der Waals surface area contributed by atoms with Crippen LogP contribution in [0.3, 0.4) is 0 Å². The average Bonchev–Trinajstić information content (AvgIpc) is 2.67. The number of halogens is 1. The summed E-state index contributed by atoms with van der Waals surface area (Å²) >= 11 is 0. The second-order valence-corrected chi connectivity index (χ2v) is 6.52. The van der Waals surface area contributed by atoms with E-state index in [-0.39, 0.29) is 18.5 Å². The number of amides is 2. The molecule has 3 rings (SSSR count). The fraction of sp³-hybridized carbons (Fsp3) is 0.350. The molecule has 144 valence electrons. The Morgan fingerprint density at radius 1 is 1.11 bits per heavy atom. The van der Waals surface area contributed by atoms with E-state index in [0.29, 0.717) is 12.3 Å². The van der Waals surface area contributed by atoms with Gasteiger partial charge >= 0.3 is 6.03 Å². The molecule has 0 atom stereocenters. The molecule has 7 heteroatoms. The van der Waals surface area contributed by atoms with Crippen LogP contribution in [0.2, 0.25) is 0 Å². The maximum atomic E-state index is 13.0. The van der Waals surface area contributed by atoms with Crippen molar-refractivity contribution in [2.24, 2.45) is 0 Å². The minimum Gasteiger partial charge on any atom is -0.492 e. The number of hydrogen-bond acceptors (Lipinski definition) is 4. The summed E-state index contributed by atoms with van der Waals surface area (Å²) in [6.45, 7) is 4.71.